The van der Waals surface area contributed by atoms with Crippen LogP contribution >= 0.6 is 0 Å². The molecule has 0 saturated carbocycles. The molecule has 1 aliphatic rings. The van der Waals surface area contributed by atoms with Crippen LogP contribution in [0.5, 0.6) is 0 Å². The number of nitrogens with zero attached hydrogens (tertiary/aromatic N) is 1. The first-order valence-electron chi connectivity index (χ1n) is 9.74. The summed E-state index contributed by atoms with van der Waals surface area (Å²) in [5, 5.41) is 12.8. The number of rotatable bonds is 3. The number of aliphatic hydroxyl groups is 1. The van der Waals surface area contributed by atoms with Crippen molar-refractivity contribution in [2.24, 2.45) is 0 Å². The minimum Gasteiger partial charge on any atom is -0.507 e. The van der Waals surface area contributed by atoms with E-state index in [9.17, 15) is 23.5 Å². The van der Waals surface area contributed by atoms with E-state index in [1.165, 1.54) is 18.4 Å². The van der Waals surface area contributed by atoms with Crippen LogP contribution in [0.3, 0.4) is 0 Å². The first kappa shape index (κ1) is 19.7. The van der Waals surface area contributed by atoms with Gasteiger partial charge in [0.1, 0.15) is 29.2 Å². The summed E-state index contributed by atoms with van der Waals surface area (Å²) in [5.74, 6) is -4.12. The van der Waals surface area contributed by atoms with Crippen LogP contribution in [-0.2, 0) is 9.59 Å². The number of hydrogen-bond donors (Lipinski definition) is 1. The Kier molecular flexibility index (Phi) is 4.59. The number of aliphatic hydroxyl groups excluding tert-OH is 1. The van der Waals surface area contributed by atoms with Gasteiger partial charge in [-0.3, -0.25) is 14.5 Å². The lowest BCUT2D eigenvalue weighted by Crippen LogP contribution is -2.30. The van der Waals surface area contributed by atoms with Crippen molar-refractivity contribution in [3.8, 4) is 0 Å². The fourth-order valence-electron chi connectivity index (χ4n) is 3.96. The Morgan fingerprint density at radius 3 is 2.44 bits per heavy atom. The predicted octanol–water partition coefficient (Wildman–Crippen LogP) is 5.34. The van der Waals surface area contributed by atoms with Crippen molar-refractivity contribution in [2.45, 2.75) is 6.04 Å². The van der Waals surface area contributed by atoms with Crippen LogP contribution in [0.4, 0.5) is 14.5 Å². The molecular weight excluding hydrogens is 416 g/mol. The van der Waals surface area contributed by atoms with Crippen LogP contribution in [0.2, 0.25) is 0 Å². The lowest BCUT2D eigenvalue weighted by Gasteiger charge is -2.23. The molecule has 3 aromatic carbocycles. The average Bonchev–Trinajstić information content (AvgIpc) is 3.42. The third-order valence-corrected chi connectivity index (χ3v) is 5.45. The van der Waals surface area contributed by atoms with E-state index in [4.69, 9.17) is 4.42 Å². The number of benzene rings is 3. The van der Waals surface area contributed by atoms with Crippen molar-refractivity contribution in [1.82, 2.24) is 0 Å². The molecule has 1 aliphatic heterocycles. The molecule has 5 rings (SSSR count). The van der Waals surface area contributed by atoms with Gasteiger partial charge in [-0.2, -0.15) is 0 Å². The van der Waals surface area contributed by atoms with Gasteiger partial charge in [-0.1, -0.05) is 36.4 Å². The molecule has 158 valence electrons. The SMILES string of the molecule is O=C1C(=O)N(c2cc(F)ccc2F)C(c2ccco2)/C1=C(/O)c1ccc2ccccc2c1. The van der Waals surface area contributed by atoms with Crippen molar-refractivity contribution < 1.29 is 27.9 Å². The summed E-state index contributed by atoms with van der Waals surface area (Å²) in [6, 6.07) is 16.9. The second-order valence-corrected chi connectivity index (χ2v) is 7.34. The molecule has 0 aliphatic carbocycles. The van der Waals surface area contributed by atoms with Gasteiger partial charge >= 0.3 is 0 Å². The lowest BCUT2D eigenvalue weighted by atomic mass is 9.97. The number of ketones is 1. The number of fused-ring (bicyclic) bond motifs is 1. The Bertz CT molecular complexity index is 1410. The van der Waals surface area contributed by atoms with Gasteiger partial charge in [0, 0.05) is 11.6 Å². The fraction of sp³-hybridized carbons (Fsp3) is 0.0400. The van der Waals surface area contributed by atoms with Crippen LogP contribution in [0.25, 0.3) is 16.5 Å². The molecule has 1 unspecified atom stereocenters. The number of furan rings is 1. The van der Waals surface area contributed by atoms with Crippen molar-refractivity contribution in [3.63, 3.8) is 0 Å². The minimum absolute atomic E-state index is 0.121. The van der Waals surface area contributed by atoms with E-state index in [1.54, 1.807) is 18.2 Å². The zero-order valence-electron chi connectivity index (χ0n) is 16.5. The van der Waals surface area contributed by atoms with Gasteiger partial charge < -0.3 is 9.52 Å². The number of halogens is 2. The molecule has 1 N–H and O–H groups in total. The molecule has 1 aromatic heterocycles. The Hall–Kier alpha value is -4.26. The third kappa shape index (κ3) is 3.06. The summed E-state index contributed by atoms with van der Waals surface area (Å²) in [5.41, 5.74) is -0.395. The van der Waals surface area contributed by atoms with Crippen molar-refractivity contribution in [2.75, 3.05) is 4.90 Å². The predicted molar refractivity (Wildman–Crippen MR) is 114 cm³/mol. The van der Waals surface area contributed by atoms with Crippen molar-refractivity contribution in [1.29, 1.82) is 0 Å². The Morgan fingerprint density at radius 1 is 0.906 bits per heavy atom. The topological polar surface area (TPSA) is 70.8 Å². The molecule has 0 spiro atoms. The summed E-state index contributed by atoms with van der Waals surface area (Å²) in [7, 11) is 0. The number of hydrogen-bond acceptors (Lipinski definition) is 4. The minimum atomic E-state index is -1.27. The smallest absolute Gasteiger partial charge is 0.300 e. The average molecular weight is 431 g/mol. The maximum atomic E-state index is 14.6. The molecule has 1 amide bonds. The molecule has 0 radical (unpaired) electrons. The first-order chi connectivity index (χ1) is 15.5. The largest absolute Gasteiger partial charge is 0.507 e. The maximum absolute atomic E-state index is 14.6. The van der Waals surface area contributed by atoms with Crippen LogP contribution in [0.15, 0.2) is 89.0 Å². The second kappa shape index (κ2) is 7.46. The van der Waals surface area contributed by atoms with Gasteiger partial charge in [0.15, 0.2) is 0 Å². The summed E-state index contributed by atoms with van der Waals surface area (Å²) in [4.78, 5) is 26.7. The van der Waals surface area contributed by atoms with Gasteiger partial charge in [0.2, 0.25) is 0 Å². The van der Waals surface area contributed by atoms with E-state index >= 15 is 0 Å². The lowest BCUT2D eigenvalue weighted by molar-refractivity contribution is -0.132. The first-order valence-corrected chi connectivity index (χ1v) is 9.74. The van der Waals surface area contributed by atoms with Crippen LogP contribution in [0.1, 0.15) is 17.4 Å². The highest BCUT2D eigenvalue weighted by Gasteiger charge is 2.49. The molecule has 1 fully saturated rings. The number of carbonyl (C=O) groups is 2. The summed E-state index contributed by atoms with van der Waals surface area (Å²) in [6.07, 6.45) is 1.33. The molecule has 1 saturated heterocycles. The second-order valence-electron chi connectivity index (χ2n) is 7.34. The third-order valence-electron chi connectivity index (χ3n) is 5.45. The highest BCUT2D eigenvalue weighted by atomic mass is 19.1. The molecule has 5 nitrogen and oxygen atoms in total. The number of amides is 1. The zero-order valence-corrected chi connectivity index (χ0v) is 16.5. The van der Waals surface area contributed by atoms with E-state index in [2.05, 4.69) is 0 Å². The Morgan fingerprint density at radius 2 is 1.69 bits per heavy atom. The van der Waals surface area contributed by atoms with Gasteiger partial charge in [0.05, 0.1) is 17.5 Å². The summed E-state index contributed by atoms with van der Waals surface area (Å²) < 4.78 is 33.9. The van der Waals surface area contributed by atoms with Crippen molar-refractivity contribution >= 4 is 33.9 Å². The summed E-state index contributed by atoms with van der Waals surface area (Å²) >= 11 is 0. The Labute approximate surface area is 180 Å². The molecule has 7 heteroatoms. The van der Waals surface area contributed by atoms with Gasteiger partial charge in [-0.05, 0) is 41.1 Å². The van der Waals surface area contributed by atoms with Crippen molar-refractivity contribution in [3.05, 3.63) is 108 Å². The molecule has 0 bridgehead atoms. The van der Waals surface area contributed by atoms with Gasteiger partial charge in [-0.15, -0.1) is 0 Å². The zero-order chi connectivity index (χ0) is 22.4. The number of carbonyl (C=O) groups excluding carboxylic acids is 2. The van der Waals surface area contributed by atoms with E-state index in [0.29, 0.717) is 5.56 Å². The van der Waals surface area contributed by atoms with E-state index in [0.717, 1.165) is 33.9 Å². The van der Waals surface area contributed by atoms with Crippen LogP contribution in [-0.4, -0.2) is 16.8 Å². The van der Waals surface area contributed by atoms with Crippen LogP contribution < -0.4 is 4.90 Å². The molecule has 4 aromatic rings. The maximum Gasteiger partial charge on any atom is 0.300 e. The summed E-state index contributed by atoms with van der Waals surface area (Å²) in [6.45, 7) is 0. The highest BCUT2D eigenvalue weighted by molar-refractivity contribution is 6.51. The number of anilines is 1. The quantitative estimate of drug-likeness (QED) is 0.270. The highest BCUT2D eigenvalue weighted by Crippen LogP contribution is 2.43. The molecule has 32 heavy (non-hydrogen) atoms. The van der Waals surface area contributed by atoms with E-state index in [1.807, 2.05) is 24.3 Å². The molecular formula is C25H15F2NO4. The standard InChI is InChI=1S/C25H15F2NO4/c26-17-9-10-18(27)19(13-17)28-22(20-6-3-11-32-20)21(24(30)25(28)31)23(29)16-8-7-14-4-1-2-5-15(14)12-16/h1-13,22,29H/b23-21-. The van der Waals surface area contributed by atoms with Crippen LogP contribution in [0, 0.1) is 11.6 Å². The van der Waals surface area contributed by atoms with Gasteiger partial charge in [0.25, 0.3) is 11.7 Å². The van der Waals surface area contributed by atoms with E-state index in [-0.39, 0.29) is 11.3 Å². The van der Waals surface area contributed by atoms with Gasteiger partial charge in [-0.25, -0.2) is 8.78 Å². The fourth-order valence-corrected chi connectivity index (χ4v) is 3.96. The molecule has 2 heterocycles. The Balaban J connectivity index is 1.73. The molecule has 1 atom stereocenters. The number of Topliss-reactive ketones (excluding diaryl/α,β-unsaturated/α-hetero) is 1. The normalized spacial score (nSPS) is 17.9. The monoisotopic (exact) mass is 431 g/mol. The van der Waals surface area contributed by atoms with E-state index < -0.39 is 40.8 Å².